The van der Waals surface area contributed by atoms with E-state index in [0.717, 1.165) is 0 Å². The highest BCUT2D eigenvalue weighted by atomic mass is 35.5. The van der Waals surface area contributed by atoms with Crippen LogP contribution in [0.2, 0.25) is 5.02 Å². The number of methoxy groups -OCH3 is 1. The Morgan fingerprint density at radius 1 is 1.03 bits per heavy atom. The lowest BCUT2D eigenvalue weighted by Gasteiger charge is -2.11. The van der Waals surface area contributed by atoms with Crippen LogP contribution in [0.4, 0.5) is 0 Å². The second-order valence-corrected chi connectivity index (χ2v) is 7.51. The molecule has 34 heavy (non-hydrogen) atoms. The van der Waals surface area contributed by atoms with Gasteiger partial charge in [0.2, 0.25) is 5.90 Å². The minimum absolute atomic E-state index is 0.0912. The second-order valence-electron chi connectivity index (χ2n) is 7.08. The zero-order valence-electron chi connectivity index (χ0n) is 18.4. The minimum Gasteiger partial charge on any atom is -0.496 e. The summed E-state index contributed by atoms with van der Waals surface area (Å²) < 4.78 is 21.8. The van der Waals surface area contributed by atoms with E-state index in [4.69, 9.17) is 30.5 Å². The van der Waals surface area contributed by atoms with Gasteiger partial charge in [-0.3, -0.25) is 0 Å². The Balaban J connectivity index is 1.62. The third kappa shape index (κ3) is 5.10. The Kier molecular flexibility index (Phi) is 6.94. The molecule has 7 nitrogen and oxygen atoms in total. The number of cyclic esters (lactones) is 1. The standard InChI is InChI=1S/C26H20ClNO6/c1-3-32-23-14-16(9-11-22(23)33-25(29)17-7-5-4-6-8-17)13-20-26(30)34-24(28-20)19-15-18(27)10-12-21(19)31-2/h4-15H,3H2,1-2H3/b20-13-. The van der Waals surface area contributed by atoms with Crippen molar-refractivity contribution < 1.29 is 28.5 Å². The van der Waals surface area contributed by atoms with E-state index in [2.05, 4.69) is 4.99 Å². The molecular weight excluding hydrogens is 458 g/mol. The molecule has 0 aliphatic carbocycles. The molecule has 1 aliphatic rings. The van der Waals surface area contributed by atoms with Gasteiger partial charge in [0.25, 0.3) is 0 Å². The maximum absolute atomic E-state index is 12.4. The van der Waals surface area contributed by atoms with Gasteiger partial charge in [-0.25, -0.2) is 14.6 Å². The van der Waals surface area contributed by atoms with Crippen molar-refractivity contribution in [2.24, 2.45) is 4.99 Å². The summed E-state index contributed by atoms with van der Waals surface area (Å²) in [6.07, 6.45) is 1.55. The maximum Gasteiger partial charge on any atom is 0.363 e. The third-order valence-corrected chi connectivity index (χ3v) is 5.03. The molecule has 4 rings (SSSR count). The van der Waals surface area contributed by atoms with Crippen LogP contribution in [0.15, 0.2) is 77.4 Å². The van der Waals surface area contributed by atoms with Crippen LogP contribution in [-0.4, -0.2) is 31.6 Å². The van der Waals surface area contributed by atoms with Crippen molar-refractivity contribution in [3.8, 4) is 17.2 Å². The molecule has 3 aromatic rings. The van der Waals surface area contributed by atoms with Crippen LogP contribution < -0.4 is 14.2 Å². The number of carbonyl (C=O) groups excluding carboxylic acids is 2. The predicted octanol–water partition coefficient (Wildman–Crippen LogP) is 5.31. The molecule has 1 aliphatic heterocycles. The zero-order chi connectivity index (χ0) is 24.1. The van der Waals surface area contributed by atoms with Crippen LogP contribution in [-0.2, 0) is 9.53 Å². The molecule has 0 N–H and O–H groups in total. The maximum atomic E-state index is 12.4. The van der Waals surface area contributed by atoms with Gasteiger partial charge in [0.15, 0.2) is 17.2 Å². The normalized spacial score (nSPS) is 13.9. The first-order valence-corrected chi connectivity index (χ1v) is 10.8. The predicted molar refractivity (Wildman–Crippen MR) is 128 cm³/mol. The van der Waals surface area contributed by atoms with Gasteiger partial charge in [0.05, 0.1) is 24.8 Å². The Hall–Kier alpha value is -4.10. The van der Waals surface area contributed by atoms with E-state index in [1.165, 1.54) is 7.11 Å². The number of esters is 2. The van der Waals surface area contributed by atoms with Crippen LogP contribution in [0.5, 0.6) is 17.2 Å². The number of aliphatic imine (C=N–C) groups is 1. The van der Waals surface area contributed by atoms with Crippen LogP contribution >= 0.6 is 11.6 Å². The first kappa shape index (κ1) is 23.1. The fourth-order valence-electron chi connectivity index (χ4n) is 3.23. The molecule has 1 heterocycles. The highest BCUT2D eigenvalue weighted by Gasteiger charge is 2.26. The summed E-state index contributed by atoms with van der Waals surface area (Å²) in [6.45, 7) is 2.17. The van der Waals surface area contributed by atoms with Crippen molar-refractivity contribution in [3.63, 3.8) is 0 Å². The van der Waals surface area contributed by atoms with Gasteiger partial charge in [-0.05, 0) is 61.0 Å². The topological polar surface area (TPSA) is 83.4 Å². The van der Waals surface area contributed by atoms with Gasteiger partial charge in [0.1, 0.15) is 5.75 Å². The number of ether oxygens (including phenoxy) is 4. The number of nitrogens with zero attached hydrogens (tertiary/aromatic N) is 1. The smallest absolute Gasteiger partial charge is 0.363 e. The number of benzene rings is 3. The summed E-state index contributed by atoms with van der Waals surface area (Å²) in [4.78, 5) is 29.2. The Morgan fingerprint density at radius 2 is 1.79 bits per heavy atom. The van der Waals surface area contributed by atoms with Crippen molar-refractivity contribution in [2.45, 2.75) is 6.92 Å². The van der Waals surface area contributed by atoms with Crippen LogP contribution in [0, 0.1) is 0 Å². The molecule has 172 valence electrons. The van der Waals surface area contributed by atoms with Crippen molar-refractivity contribution in [3.05, 3.63) is 94.1 Å². The van der Waals surface area contributed by atoms with Crippen molar-refractivity contribution in [2.75, 3.05) is 13.7 Å². The van der Waals surface area contributed by atoms with Crippen molar-refractivity contribution in [1.82, 2.24) is 0 Å². The van der Waals surface area contributed by atoms with Crippen molar-refractivity contribution in [1.29, 1.82) is 0 Å². The van der Waals surface area contributed by atoms with E-state index >= 15 is 0 Å². The molecule has 8 heteroatoms. The molecule has 0 radical (unpaired) electrons. The highest BCUT2D eigenvalue weighted by molar-refractivity contribution is 6.31. The summed E-state index contributed by atoms with van der Waals surface area (Å²) in [5.74, 6) is 0.0636. The lowest BCUT2D eigenvalue weighted by molar-refractivity contribution is -0.129. The molecule has 0 saturated carbocycles. The van der Waals surface area contributed by atoms with Gasteiger partial charge in [0, 0.05) is 5.02 Å². The SMILES string of the molecule is CCOc1cc(/C=C2\N=C(c3cc(Cl)ccc3OC)OC2=O)ccc1OC(=O)c1ccccc1. The molecule has 0 fully saturated rings. The summed E-state index contributed by atoms with van der Waals surface area (Å²) in [7, 11) is 1.50. The lowest BCUT2D eigenvalue weighted by Crippen LogP contribution is -2.09. The van der Waals surface area contributed by atoms with E-state index in [0.29, 0.717) is 39.8 Å². The monoisotopic (exact) mass is 477 g/mol. The summed E-state index contributed by atoms with van der Waals surface area (Å²) in [5, 5.41) is 0.453. The molecule has 0 bridgehead atoms. The van der Waals surface area contributed by atoms with E-state index in [1.54, 1.807) is 66.7 Å². The van der Waals surface area contributed by atoms with Gasteiger partial charge >= 0.3 is 11.9 Å². The zero-order valence-corrected chi connectivity index (χ0v) is 19.2. The van der Waals surface area contributed by atoms with E-state index in [-0.39, 0.29) is 17.3 Å². The Bertz CT molecular complexity index is 1300. The van der Waals surface area contributed by atoms with E-state index in [1.807, 2.05) is 13.0 Å². The largest absolute Gasteiger partial charge is 0.496 e. The number of hydrogen-bond donors (Lipinski definition) is 0. The number of halogens is 1. The first-order chi connectivity index (χ1) is 16.5. The van der Waals surface area contributed by atoms with Gasteiger partial charge < -0.3 is 18.9 Å². The Morgan fingerprint density at radius 3 is 2.53 bits per heavy atom. The van der Waals surface area contributed by atoms with Crippen molar-refractivity contribution >= 4 is 35.5 Å². The average molecular weight is 478 g/mol. The third-order valence-electron chi connectivity index (χ3n) is 4.80. The molecule has 3 aromatic carbocycles. The molecular formula is C26H20ClNO6. The quantitative estimate of drug-likeness (QED) is 0.260. The van der Waals surface area contributed by atoms with Crippen LogP contribution in [0.25, 0.3) is 6.08 Å². The number of carbonyl (C=O) groups is 2. The van der Waals surface area contributed by atoms with E-state index < -0.39 is 11.9 Å². The minimum atomic E-state index is -0.616. The van der Waals surface area contributed by atoms with E-state index in [9.17, 15) is 9.59 Å². The summed E-state index contributed by atoms with van der Waals surface area (Å²) >= 11 is 6.08. The number of rotatable bonds is 7. The second kappa shape index (κ2) is 10.2. The lowest BCUT2D eigenvalue weighted by atomic mass is 10.1. The molecule has 0 saturated heterocycles. The van der Waals surface area contributed by atoms with Gasteiger partial charge in [-0.1, -0.05) is 35.9 Å². The summed E-state index contributed by atoms with van der Waals surface area (Å²) in [5.41, 5.74) is 1.58. The molecule has 0 aromatic heterocycles. The fraction of sp³-hybridized carbons (Fsp3) is 0.115. The summed E-state index contributed by atoms with van der Waals surface area (Å²) in [6, 6.07) is 18.5. The molecule has 0 unspecified atom stereocenters. The van der Waals surface area contributed by atoms with Gasteiger partial charge in [-0.15, -0.1) is 0 Å². The molecule has 0 amide bonds. The first-order valence-electron chi connectivity index (χ1n) is 10.4. The fourth-order valence-corrected chi connectivity index (χ4v) is 3.40. The average Bonchev–Trinajstić information content (AvgIpc) is 3.21. The molecule has 0 atom stereocenters. The molecule has 0 spiro atoms. The number of hydrogen-bond acceptors (Lipinski definition) is 7. The Labute approximate surface area is 201 Å². The van der Waals surface area contributed by atoms with Crippen LogP contribution in [0.1, 0.15) is 28.4 Å². The van der Waals surface area contributed by atoms with Gasteiger partial charge in [-0.2, -0.15) is 0 Å². The van der Waals surface area contributed by atoms with Crippen LogP contribution in [0.3, 0.4) is 0 Å². The highest BCUT2D eigenvalue weighted by Crippen LogP contribution is 2.32.